The van der Waals surface area contributed by atoms with E-state index in [9.17, 15) is 19.3 Å². The summed E-state index contributed by atoms with van der Waals surface area (Å²) < 4.78 is 12.7. The highest BCUT2D eigenvalue weighted by molar-refractivity contribution is 6.68. The summed E-state index contributed by atoms with van der Waals surface area (Å²) in [6.45, 7) is 0. The average molecular weight is 419 g/mol. The van der Waals surface area contributed by atoms with Crippen LogP contribution in [0.3, 0.4) is 0 Å². The van der Waals surface area contributed by atoms with Crippen LogP contribution in [0.4, 0.5) is 10.1 Å². The average Bonchev–Trinajstić information content (AvgIpc) is 2.42. The normalized spacial score (nSPS) is 9.83. The lowest BCUT2D eigenvalue weighted by Gasteiger charge is -1.99. The van der Waals surface area contributed by atoms with Gasteiger partial charge in [-0.3, -0.25) is 14.9 Å². The summed E-state index contributed by atoms with van der Waals surface area (Å²) in [7, 11) is 0. The van der Waals surface area contributed by atoms with Crippen LogP contribution in [0.25, 0.3) is 0 Å². The van der Waals surface area contributed by atoms with Gasteiger partial charge in [0, 0.05) is 11.1 Å². The summed E-state index contributed by atoms with van der Waals surface area (Å²) in [5.74, 6) is -0.718. The predicted molar refractivity (Wildman–Crippen MR) is 89.7 cm³/mol. The molecule has 0 heterocycles. The van der Waals surface area contributed by atoms with E-state index in [0.29, 0.717) is 5.02 Å². The Morgan fingerprint density at radius 3 is 2.09 bits per heavy atom. The van der Waals surface area contributed by atoms with Gasteiger partial charge in [0.1, 0.15) is 10.8 Å². The molecule has 0 saturated heterocycles. The monoisotopic (exact) mass is 417 g/mol. The van der Waals surface area contributed by atoms with E-state index in [-0.39, 0.29) is 26.3 Å². The number of carbonyl (C=O) groups is 1. The predicted octanol–water partition coefficient (Wildman–Crippen LogP) is 6.41. The molecule has 0 unspecified atom stereocenters. The Hall–Kier alpha value is -1.11. The van der Waals surface area contributed by atoms with E-state index >= 15 is 0 Å². The molecule has 2 aromatic carbocycles. The van der Waals surface area contributed by atoms with Crippen molar-refractivity contribution in [3.8, 4) is 0 Å². The molecule has 0 N–H and O–H groups in total. The van der Waals surface area contributed by atoms with Crippen molar-refractivity contribution >= 4 is 68.9 Å². The van der Waals surface area contributed by atoms with Crippen LogP contribution in [0.1, 0.15) is 10.4 Å². The van der Waals surface area contributed by atoms with E-state index in [1.807, 2.05) is 0 Å². The van der Waals surface area contributed by atoms with Gasteiger partial charge in [-0.2, -0.15) is 0 Å². The molecule has 0 aliphatic heterocycles. The van der Waals surface area contributed by atoms with Crippen molar-refractivity contribution in [3.05, 3.63) is 71.9 Å². The molecule has 4 nitrogen and oxygen atoms in total. The van der Waals surface area contributed by atoms with Crippen LogP contribution >= 0.6 is 58.0 Å². The largest absolute Gasteiger partial charge is 0.287 e. The SMILES string of the molecule is O=C(Cl)c1cc(F)c(Cl)cc1Cl.O=[N+]([O-])c1ccc(Cl)cc1Cl. The van der Waals surface area contributed by atoms with Gasteiger partial charge in [0.25, 0.3) is 10.9 Å². The molecule has 0 spiro atoms. The number of benzene rings is 2. The van der Waals surface area contributed by atoms with Crippen molar-refractivity contribution in [1.82, 2.24) is 0 Å². The molecule has 23 heavy (non-hydrogen) atoms. The second-order valence-corrected chi connectivity index (χ2v) is 5.87. The highest BCUT2D eigenvalue weighted by atomic mass is 35.5. The van der Waals surface area contributed by atoms with Gasteiger partial charge < -0.3 is 0 Å². The van der Waals surface area contributed by atoms with Crippen LogP contribution in [-0.2, 0) is 0 Å². The Morgan fingerprint density at radius 1 is 1.00 bits per heavy atom. The van der Waals surface area contributed by atoms with Crippen molar-refractivity contribution in [1.29, 1.82) is 0 Å². The maximum absolute atomic E-state index is 12.7. The number of carbonyl (C=O) groups excluding carboxylic acids is 1. The Bertz CT molecular complexity index is 770. The number of nitrogens with zero attached hydrogens (tertiary/aromatic N) is 1. The molecule has 0 amide bonds. The zero-order chi connectivity index (χ0) is 17.7. The summed E-state index contributed by atoms with van der Waals surface area (Å²) in [6, 6.07) is 6.06. The first-order valence-corrected chi connectivity index (χ1v) is 7.46. The summed E-state index contributed by atoms with van der Waals surface area (Å²) in [4.78, 5) is 20.3. The first-order chi connectivity index (χ1) is 10.6. The fraction of sp³-hybridized carbons (Fsp3) is 0. The molecule has 0 fully saturated rings. The van der Waals surface area contributed by atoms with E-state index in [4.69, 9.17) is 58.0 Å². The summed E-state index contributed by atoms with van der Waals surface area (Å²) in [5, 5.41) is 9.75. The molecule has 2 rings (SSSR count). The summed E-state index contributed by atoms with van der Waals surface area (Å²) in [5.41, 5.74) is -0.212. The number of rotatable bonds is 2. The van der Waals surface area contributed by atoms with E-state index in [0.717, 1.165) is 12.1 Å². The van der Waals surface area contributed by atoms with Crippen LogP contribution in [0.5, 0.6) is 0 Å². The van der Waals surface area contributed by atoms with Gasteiger partial charge >= 0.3 is 0 Å². The van der Waals surface area contributed by atoms with Crippen molar-refractivity contribution in [2.24, 2.45) is 0 Å². The Kier molecular flexibility index (Phi) is 7.51. The number of hydrogen-bond acceptors (Lipinski definition) is 3. The minimum absolute atomic E-state index is 0.0430. The number of hydrogen-bond donors (Lipinski definition) is 0. The lowest BCUT2D eigenvalue weighted by atomic mass is 10.2. The minimum Gasteiger partial charge on any atom is -0.276 e. The molecule has 0 bridgehead atoms. The molecular weight excluding hydrogens is 414 g/mol. The molecule has 0 radical (unpaired) electrons. The first-order valence-electron chi connectivity index (χ1n) is 5.57. The topological polar surface area (TPSA) is 60.2 Å². The molecule has 0 atom stereocenters. The Labute approximate surface area is 154 Å². The van der Waals surface area contributed by atoms with Crippen molar-refractivity contribution in [3.63, 3.8) is 0 Å². The third-order valence-corrected chi connectivity index (χ3v) is 3.67. The minimum atomic E-state index is -0.810. The van der Waals surface area contributed by atoms with Gasteiger partial charge in [-0.1, -0.05) is 46.4 Å². The molecular formula is C13H5Cl5FNO3. The lowest BCUT2D eigenvalue weighted by Crippen LogP contribution is -1.92. The Balaban J connectivity index is 0.000000231. The van der Waals surface area contributed by atoms with Crippen LogP contribution in [-0.4, -0.2) is 10.2 Å². The molecule has 10 heteroatoms. The highest BCUT2D eigenvalue weighted by Gasteiger charge is 2.12. The Morgan fingerprint density at radius 2 is 1.61 bits per heavy atom. The number of nitro benzene ring substituents is 1. The highest BCUT2D eigenvalue weighted by Crippen LogP contribution is 2.27. The van der Waals surface area contributed by atoms with Crippen molar-refractivity contribution < 1.29 is 14.1 Å². The molecule has 0 aliphatic carbocycles. The smallest absolute Gasteiger partial charge is 0.276 e. The first kappa shape index (κ1) is 19.9. The second kappa shape index (κ2) is 8.66. The van der Waals surface area contributed by atoms with Crippen LogP contribution in [0.15, 0.2) is 30.3 Å². The molecule has 2 aromatic rings. The van der Waals surface area contributed by atoms with Crippen LogP contribution in [0.2, 0.25) is 20.1 Å². The van der Waals surface area contributed by atoms with Gasteiger partial charge in [-0.15, -0.1) is 0 Å². The zero-order valence-corrected chi connectivity index (χ0v) is 14.6. The second-order valence-electron chi connectivity index (χ2n) is 3.87. The van der Waals surface area contributed by atoms with Gasteiger partial charge in [0.05, 0.1) is 20.5 Å². The molecule has 122 valence electrons. The van der Waals surface area contributed by atoms with Gasteiger partial charge in [-0.05, 0) is 35.9 Å². The zero-order valence-electron chi connectivity index (χ0n) is 10.8. The van der Waals surface area contributed by atoms with E-state index in [2.05, 4.69) is 0 Å². The summed E-state index contributed by atoms with van der Waals surface area (Å²) >= 11 is 27.0. The standard InChI is InChI=1S/C7H2Cl3FO.C6H3Cl2NO2/c8-4-2-5(9)6(11)1-3(4)7(10)12;7-4-1-2-6(9(10)11)5(8)3-4/h1-2H;1-3H. The van der Waals surface area contributed by atoms with Crippen LogP contribution in [0, 0.1) is 15.9 Å². The quantitative estimate of drug-likeness (QED) is 0.244. The maximum Gasteiger partial charge on any atom is 0.287 e. The lowest BCUT2D eigenvalue weighted by molar-refractivity contribution is -0.384. The third-order valence-electron chi connectivity index (χ3n) is 2.33. The van der Waals surface area contributed by atoms with Gasteiger partial charge in [-0.25, -0.2) is 4.39 Å². The summed E-state index contributed by atoms with van der Waals surface area (Å²) in [6.07, 6.45) is 0. The van der Waals surface area contributed by atoms with Gasteiger partial charge in [0.15, 0.2) is 0 Å². The van der Waals surface area contributed by atoms with Crippen LogP contribution < -0.4 is 0 Å². The van der Waals surface area contributed by atoms with Crippen molar-refractivity contribution in [2.45, 2.75) is 0 Å². The maximum atomic E-state index is 12.7. The molecule has 0 aliphatic rings. The third kappa shape index (κ3) is 5.79. The number of nitro groups is 1. The van der Waals surface area contributed by atoms with E-state index in [1.54, 1.807) is 0 Å². The fourth-order valence-corrected chi connectivity index (χ4v) is 2.45. The van der Waals surface area contributed by atoms with E-state index in [1.165, 1.54) is 18.2 Å². The van der Waals surface area contributed by atoms with E-state index < -0.39 is 16.0 Å². The van der Waals surface area contributed by atoms with Crippen molar-refractivity contribution in [2.75, 3.05) is 0 Å². The molecule has 0 aromatic heterocycles. The molecule has 0 saturated carbocycles. The fourth-order valence-electron chi connectivity index (χ4n) is 1.30. The number of halogens is 6. The van der Waals surface area contributed by atoms with Gasteiger partial charge in [0.2, 0.25) is 0 Å².